The van der Waals surface area contributed by atoms with Gasteiger partial charge in [0.05, 0.1) is 5.02 Å². The molecule has 4 nitrogen and oxygen atoms in total. The molecule has 1 aromatic rings. The second-order valence-corrected chi connectivity index (χ2v) is 6.50. The number of ether oxygens (including phenoxy) is 1. The number of pyridine rings is 1. The maximum absolute atomic E-state index is 11.4. The Labute approximate surface area is 132 Å². The van der Waals surface area contributed by atoms with Crippen LogP contribution in [0.5, 0.6) is 0 Å². The maximum atomic E-state index is 11.4. The highest BCUT2D eigenvalue weighted by Crippen LogP contribution is 2.10. The molecule has 1 amide bonds. The topological polar surface area (TPSA) is 51.2 Å². The minimum atomic E-state index is -0.435. The monoisotopic (exact) mass is 312 g/mol. The van der Waals surface area contributed by atoms with Gasteiger partial charge in [0.15, 0.2) is 0 Å². The highest BCUT2D eigenvalue weighted by molar-refractivity contribution is 6.30. The summed E-state index contributed by atoms with van der Waals surface area (Å²) >= 11 is 5.79. The molecule has 0 aromatic carbocycles. The number of amides is 1. The van der Waals surface area contributed by atoms with Crippen molar-refractivity contribution in [1.29, 1.82) is 0 Å². The molecular weight excluding hydrogens is 288 g/mol. The Balaban J connectivity index is 2.00. The van der Waals surface area contributed by atoms with Crippen LogP contribution in [0.4, 0.5) is 4.79 Å². The zero-order valence-electron chi connectivity index (χ0n) is 13.1. The molecule has 0 unspecified atom stereocenters. The lowest BCUT2D eigenvalue weighted by atomic mass is 10.1. The number of hydrogen-bond acceptors (Lipinski definition) is 3. The number of nitrogens with zero attached hydrogens (tertiary/aromatic N) is 1. The van der Waals surface area contributed by atoms with Crippen LogP contribution in [0.1, 0.15) is 52.1 Å². The van der Waals surface area contributed by atoms with Crippen molar-refractivity contribution in [3.8, 4) is 0 Å². The smallest absolute Gasteiger partial charge is 0.407 e. The number of aromatic nitrogens is 1. The highest BCUT2D eigenvalue weighted by atomic mass is 35.5. The van der Waals surface area contributed by atoms with Gasteiger partial charge in [0.1, 0.15) is 5.60 Å². The van der Waals surface area contributed by atoms with E-state index in [0.717, 1.165) is 37.8 Å². The average Bonchev–Trinajstić information content (AvgIpc) is 2.37. The van der Waals surface area contributed by atoms with Gasteiger partial charge in [-0.3, -0.25) is 4.98 Å². The molecule has 1 aromatic heterocycles. The summed E-state index contributed by atoms with van der Waals surface area (Å²) in [5, 5.41) is 3.44. The lowest BCUT2D eigenvalue weighted by Crippen LogP contribution is -2.32. The Kier molecular flexibility index (Phi) is 7.51. The molecular formula is C16H25ClN2O2. The number of nitrogens with one attached hydrogen (secondary N) is 1. The van der Waals surface area contributed by atoms with Crippen LogP contribution >= 0.6 is 11.6 Å². The Morgan fingerprint density at radius 3 is 2.57 bits per heavy atom. The van der Waals surface area contributed by atoms with Crippen molar-refractivity contribution < 1.29 is 9.53 Å². The molecule has 1 rings (SSSR count). The summed E-state index contributed by atoms with van der Waals surface area (Å²) in [7, 11) is 0. The molecule has 0 aliphatic carbocycles. The normalized spacial score (nSPS) is 11.2. The fourth-order valence-corrected chi connectivity index (χ4v) is 1.96. The predicted molar refractivity (Wildman–Crippen MR) is 85.7 cm³/mol. The first-order valence-corrected chi connectivity index (χ1v) is 7.82. The fraction of sp³-hybridized carbons (Fsp3) is 0.625. The fourth-order valence-electron chi connectivity index (χ4n) is 1.84. The number of unbranched alkanes of at least 4 members (excludes halogenated alkanes) is 3. The van der Waals surface area contributed by atoms with Crippen molar-refractivity contribution >= 4 is 17.7 Å². The number of halogens is 1. The molecule has 1 heterocycles. The molecule has 5 heteroatoms. The van der Waals surface area contributed by atoms with Gasteiger partial charge < -0.3 is 10.1 Å². The summed E-state index contributed by atoms with van der Waals surface area (Å²) in [5.74, 6) is 0. The number of carbonyl (C=O) groups is 1. The zero-order chi connectivity index (χ0) is 15.7. The van der Waals surface area contributed by atoms with E-state index in [9.17, 15) is 4.79 Å². The number of hydrogen-bond donors (Lipinski definition) is 1. The van der Waals surface area contributed by atoms with E-state index in [0.29, 0.717) is 11.6 Å². The summed E-state index contributed by atoms with van der Waals surface area (Å²) in [6, 6.07) is 3.83. The summed E-state index contributed by atoms with van der Waals surface area (Å²) in [4.78, 5) is 15.7. The average molecular weight is 313 g/mol. The summed E-state index contributed by atoms with van der Waals surface area (Å²) in [5.41, 5.74) is 0.640. The first-order chi connectivity index (χ1) is 9.87. The third kappa shape index (κ3) is 9.29. The molecule has 0 saturated heterocycles. The Hall–Kier alpha value is -1.29. The van der Waals surface area contributed by atoms with Gasteiger partial charge in [-0.25, -0.2) is 4.79 Å². The molecule has 0 bridgehead atoms. The SMILES string of the molecule is CC(C)(C)OC(=O)NCCCCCCc1ccc(Cl)cn1. The maximum Gasteiger partial charge on any atom is 0.407 e. The van der Waals surface area contributed by atoms with Gasteiger partial charge in [-0.15, -0.1) is 0 Å². The highest BCUT2D eigenvalue weighted by Gasteiger charge is 2.15. The Morgan fingerprint density at radius 2 is 1.95 bits per heavy atom. The van der Waals surface area contributed by atoms with Crippen LogP contribution in [0.15, 0.2) is 18.3 Å². The number of rotatable bonds is 7. The van der Waals surface area contributed by atoms with E-state index in [1.807, 2.05) is 32.9 Å². The van der Waals surface area contributed by atoms with E-state index in [2.05, 4.69) is 10.3 Å². The Morgan fingerprint density at radius 1 is 1.24 bits per heavy atom. The summed E-state index contributed by atoms with van der Waals surface area (Å²) in [6.07, 6.45) is 6.59. The molecule has 1 N–H and O–H groups in total. The van der Waals surface area contributed by atoms with Crippen LogP contribution in [0, 0.1) is 0 Å². The molecule has 21 heavy (non-hydrogen) atoms. The molecule has 0 fully saturated rings. The van der Waals surface area contributed by atoms with E-state index in [1.54, 1.807) is 6.20 Å². The Bertz CT molecular complexity index is 427. The lowest BCUT2D eigenvalue weighted by Gasteiger charge is -2.19. The second-order valence-electron chi connectivity index (χ2n) is 6.06. The van der Waals surface area contributed by atoms with E-state index in [1.165, 1.54) is 0 Å². The molecule has 0 aliphatic rings. The van der Waals surface area contributed by atoms with Crippen molar-refractivity contribution in [2.75, 3.05) is 6.54 Å². The van der Waals surface area contributed by atoms with E-state index < -0.39 is 5.60 Å². The van der Waals surface area contributed by atoms with Crippen molar-refractivity contribution in [3.63, 3.8) is 0 Å². The second kappa shape index (κ2) is 8.88. The molecule has 118 valence electrons. The van der Waals surface area contributed by atoms with Crippen LogP contribution in [-0.2, 0) is 11.2 Å². The summed E-state index contributed by atoms with van der Waals surface area (Å²) < 4.78 is 5.16. The predicted octanol–water partition coefficient (Wildman–Crippen LogP) is 4.36. The largest absolute Gasteiger partial charge is 0.444 e. The first kappa shape index (κ1) is 17.8. The standard InChI is InChI=1S/C16H25ClN2O2/c1-16(2,3)21-15(20)18-11-7-5-4-6-8-14-10-9-13(17)12-19-14/h9-10,12H,4-8,11H2,1-3H3,(H,18,20). The number of alkyl carbamates (subject to hydrolysis) is 1. The molecule has 0 radical (unpaired) electrons. The van der Waals surface area contributed by atoms with Gasteiger partial charge in [-0.05, 0) is 52.2 Å². The molecule has 0 aliphatic heterocycles. The van der Waals surface area contributed by atoms with Gasteiger partial charge in [-0.2, -0.15) is 0 Å². The van der Waals surface area contributed by atoms with Crippen molar-refractivity contribution in [1.82, 2.24) is 10.3 Å². The number of carbonyl (C=O) groups excluding carboxylic acids is 1. The minimum Gasteiger partial charge on any atom is -0.444 e. The minimum absolute atomic E-state index is 0.340. The third-order valence-corrected chi connectivity index (χ3v) is 3.04. The van der Waals surface area contributed by atoms with Gasteiger partial charge in [0.25, 0.3) is 0 Å². The summed E-state index contributed by atoms with van der Waals surface area (Å²) in [6.45, 7) is 6.24. The van der Waals surface area contributed by atoms with Crippen LogP contribution in [-0.4, -0.2) is 23.2 Å². The van der Waals surface area contributed by atoms with Crippen molar-refractivity contribution in [3.05, 3.63) is 29.0 Å². The first-order valence-electron chi connectivity index (χ1n) is 7.44. The third-order valence-electron chi connectivity index (χ3n) is 2.82. The van der Waals surface area contributed by atoms with Crippen LogP contribution < -0.4 is 5.32 Å². The van der Waals surface area contributed by atoms with E-state index >= 15 is 0 Å². The van der Waals surface area contributed by atoms with Gasteiger partial charge in [-0.1, -0.05) is 24.4 Å². The van der Waals surface area contributed by atoms with Gasteiger partial charge in [0.2, 0.25) is 0 Å². The van der Waals surface area contributed by atoms with Crippen molar-refractivity contribution in [2.45, 2.75) is 58.5 Å². The quantitative estimate of drug-likeness (QED) is 0.761. The zero-order valence-corrected chi connectivity index (χ0v) is 13.9. The number of aryl methyl sites for hydroxylation is 1. The van der Waals surface area contributed by atoms with Crippen LogP contribution in [0.3, 0.4) is 0 Å². The van der Waals surface area contributed by atoms with Crippen LogP contribution in [0.25, 0.3) is 0 Å². The molecule has 0 atom stereocenters. The van der Waals surface area contributed by atoms with Crippen LogP contribution in [0.2, 0.25) is 5.02 Å². The lowest BCUT2D eigenvalue weighted by molar-refractivity contribution is 0.0527. The van der Waals surface area contributed by atoms with E-state index in [-0.39, 0.29) is 6.09 Å². The van der Waals surface area contributed by atoms with Gasteiger partial charge >= 0.3 is 6.09 Å². The van der Waals surface area contributed by atoms with Crippen molar-refractivity contribution in [2.24, 2.45) is 0 Å². The van der Waals surface area contributed by atoms with E-state index in [4.69, 9.17) is 16.3 Å². The molecule has 0 saturated carbocycles. The molecule has 0 spiro atoms. The van der Waals surface area contributed by atoms with Gasteiger partial charge in [0, 0.05) is 18.4 Å².